The molecule has 0 aliphatic carbocycles. The molecule has 3 atom stereocenters. The zero-order valence-corrected chi connectivity index (χ0v) is 66.4. The molecule has 0 radical (unpaired) electrons. The molecule has 590 valence electrons. The summed E-state index contributed by atoms with van der Waals surface area (Å²) < 4.78 is 56.6. The van der Waals surface area contributed by atoms with Crippen LogP contribution >= 0.6 is 69.6 Å². The number of nitrogens with zero attached hydrogens (tertiary/aromatic N) is 14. The van der Waals surface area contributed by atoms with Crippen molar-refractivity contribution < 1.29 is 77.2 Å². The van der Waals surface area contributed by atoms with E-state index < -0.39 is 18.3 Å². The summed E-state index contributed by atoms with van der Waals surface area (Å²) in [7, 11) is 4.79. The van der Waals surface area contributed by atoms with Gasteiger partial charge in [0.05, 0.1) is 121 Å². The molecule has 0 amide bonds. The van der Waals surface area contributed by atoms with Crippen LogP contribution in [0.4, 0.5) is 20.4 Å². The summed E-state index contributed by atoms with van der Waals surface area (Å²) in [5, 5.41) is 66.0. The van der Waals surface area contributed by atoms with E-state index in [9.17, 15) is 19.0 Å². The van der Waals surface area contributed by atoms with Gasteiger partial charge >= 0.3 is 36.7 Å². The molecule has 35 heteroatoms. The third-order valence-electron chi connectivity index (χ3n) is 15.2. The summed E-state index contributed by atoms with van der Waals surface area (Å²) >= 11 is 33.2. The number of hydrogen-bond donors (Lipinski definition) is 5. The van der Waals surface area contributed by atoms with Crippen LogP contribution in [-0.2, 0) is 22.5 Å². The monoisotopic (exact) mass is 1650 g/mol. The Balaban J connectivity index is 0.00000135. The van der Waals surface area contributed by atoms with Crippen LogP contribution < -0.4 is 70.8 Å². The van der Waals surface area contributed by atoms with Gasteiger partial charge in [0.2, 0.25) is 0 Å². The molecule has 25 nitrogen and oxygen atoms in total. The summed E-state index contributed by atoms with van der Waals surface area (Å²) in [6, 6.07) is 36.4. The van der Waals surface area contributed by atoms with Crippen molar-refractivity contribution >= 4 is 94.0 Å². The maximum absolute atomic E-state index is 13.2. The predicted molar refractivity (Wildman–Crippen MR) is 432 cm³/mol. The van der Waals surface area contributed by atoms with Gasteiger partial charge in [0, 0.05) is 36.6 Å². The van der Waals surface area contributed by atoms with Crippen LogP contribution in [-0.4, -0.2) is 127 Å². The molecule has 0 spiro atoms. The minimum Gasteiger partial charge on any atom is -0.857 e. The van der Waals surface area contributed by atoms with Gasteiger partial charge in [0.15, 0.2) is 60.3 Å². The third-order valence-corrected chi connectivity index (χ3v) is 16.8. The van der Waals surface area contributed by atoms with Gasteiger partial charge in [-0.1, -0.05) is 161 Å². The van der Waals surface area contributed by atoms with Crippen molar-refractivity contribution in [1.29, 1.82) is 0 Å². The van der Waals surface area contributed by atoms with E-state index in [-0.39, 0.29) is 135 Å². The smallest absolute Gasteiger partial charge is 0.857 e. The fraction of sp³-hybridized carbons (Fsp3) is 0.333. The van der Waals surface area contributed by atoms with Gasteiger partial charge in [-0.15, -0.1) is 40.8 Å². The van der Waals surface area contributed by atoms with E-state index in [1.165, 1.54) is 49.1 Å². The molecule has 12 rings (SSSR count). The first-order chi connectivity index (χ1) is 49.5. The number of aliphatic hydroxyl groups excluding tert-OH is 2. The summed E-state index contributed by atoms with van der Waals surface area (Å²) in [5.41, 5.74) is 13.7. The van der Waals surface area contributed by atoms with Crippen molar-refractivity contribution in [3.63, 3.8) is 0 Å². The Morgan fingerprint density at radius 1 is 0.527 bits per heavy atom. The van der Waals surface area contributed by atoms with Crippen LogP contribution in [0.1, 0.15) is 143 Å². The Labute approximate surface area is 696 Å². The molecule has 0 saturated carbocycles. The number of nitrogens with one attached hydrogen (secondary N) is 2. The molecule has 9 heterocycles. The molecule has 110 heavy (non-hydrogen) atoms. The molecule has 1 fully saturated rings. The molecule has 8 aromatic heterocycles. The van der Waals surface area contributed by atoms with Gasteiger partial charge in [-0.05, 0) is 134 Å². The van der Waals surface area contributed by atoms with Crippen LogP contribution in [0.2, 0.25) is 30.8 Å². The molecule has 6 N–H and O–H groups in total. The summed E-state index contributed by atoms with van der Waals surface area (Å²) in [6.07, 6.45) is 7.14. The average Bonchev–Trinajstić information content (AvgIpc) is 1.60. The number of imidazole rings is 2. The quantitative estimate of drug-likeness (QED) is 0.0561. The molecule has 1 aliphatic heterocycles. The minimum absolute atomic E-state index is 0. The van der Waals surface area contributed by atoms with Crippen molar-refractivity contribution in [2.45, 2.75) is 142 Å². The minimum atomic E-state index is -0.538. The van der Waals surface area contributed by atoms with Crippen molar-refractivity contribution in [1.82, 2.24) is 69.9 Å². The van der Waals surface area contributed by atoms with Crippen LogP contribution in [0.25, 0.3) is 22.8 Å². The van der Waals surface area contributed by atoms with Crippen molar-refractivity contribution in [2.24, 2.45) is 5.73 Å². The number of halogens is 8. The molecule has 3 aromatic carbocycles. The maximum atomic E-state index is 13.2. The van der Waals surface area contributed by atoms with Crippen LogP contribution in [0.15, 0.2) is 152 Å². The number of pyridine rings is 2. The second-order valence-electron chi connectivity index (χ2n) is 23.2. The van der Waals surface area contributed by atoms with Gasteiger partial charge in [-0.2, -0.15) is 7.11 Å². The van der Waals surface area contributed by atoms with E-state index in [0.717, 1.165) is 41.0 Å². The van der Waals surface area contributed by atoms with Gasteiger partial charge in [0.25, 0.3) is 0 Å². The Bertz CT molecular complexity index is 4500. The number of aromatic nitrogens is 14. The number of rotatable bonds is 16. The first-order valence-corrected chi connectivity index (χ1v) is 33.7. The number of nitrogens with two attached hydrogens (primary N) is 1. The first kappa shape index (κ1) is 102. The van der Waals surface area contributed by atoms with E-state index in [2.05, 4.69) is 90.4 Å². The number of ether oxygens (including phenoxy) is 3. The van der Waals surface area contributed by atoms with E-state index in [0.29, 0.717) is 62.3 Å². The standard InChI is InChI=1S/C23H23FN6O2.C16H22BN3O3.C13H14ClN3O.C8H10FN.C5H4Cl2N2O.C4HCl3N2.CH3O.5CH4.Na/c1-14-11-30(13-25-14)20-9-8-18(27-19(20)12-31)23-21(32-3)10-22(28-29-23)26-15(2)16-4-6-17(24)7-5-16;1-11-8-20(10-18-11)13-6-7-14(19-12(13)9-21)17-22-15(2,3)16(4,5)23-17;1-9(10-6-4-3-5-7-10)15-12-8-11(18-2)13(14)17-16-12;1-6(10)7-2-4-8(9)5-3-7;1-10-3-2-4(6)8-9-5(3)7;5-2-1-3(6)8-9-4(2)7;1-2;;;;;;/h4-11,13,15,31H,12H2,1-3H3,(H,26,28);6-8,10,21H,9H2,1-5H3;3-9H,1-2H3,(H,15,16);2-6H,10H2,1H3;2H,1H3;1H;1H3;5*1H4;/q;;;;;;-1;;;;;;+1/t15-;;9-;6-;;;;;;;;;/m0.00........./s1. The molecule has 11 aromatic rings. The Morgan fingerprint density at radius 3 is 1.36 bits per heavy atom. The maximum Gasteiger partial charge on any atom is 1.00 e. The van der Waals surface area contributed by atoms with Crippen LogP contribution in [0, 0.1) is 25.5 Å². The Morgan fingerprint density at radius 2 is 0.936 bits per heavy atom. The molecule has 1 saturated heterocycles. The molecular weight excluding hydrogens is 1550 g/mol. The van der Waals surface area contributed by atoms with Gasteiger partial charge in [-0.25, -0.2) is 23.7 Å². The third kappa shape index (κ3) is 30.0. The normalized spacial score (nSPS) is 12.4. The summed E-state index contributed by atoms with van der Waals surface area (Å²) in [5.74, 6) is 2.07. The second-order valence-corrected chi connectivity index (χ2v) is 25.5. The largest absolute Gasteiger partial charge is 1.00 e. The van der Waals surface area contributed by atoms with Crippen molar-refractivity contribution in [3.8, 4) is 40.0 Å². The Hall–Kier alpha value is -7.88. The number of anilines is 2. The SMILES string of the molecule is C.C.C.C.C.COc1cc(Cl)nnc1Cl.COc1cc(N[C@@H](C)c2ccc(F)cc2)nnc1-c1ccc(-n2cnc(C)c2)c(CO)n1.COc1cc(N[C@@H](C)c2ccccc2)nnc1Cl.C[C@H](N)c1ccc(F)cc1.C[O-].Cc1cn(-c2ccc(B3OC(C)(C)C(C)(C)O3)nc2CO)cn1.Clc1cc(Cl)c(Cl)nn1.[Na+]. The average molecular weight is 1650 g/mol. The zero-order chi connectivity index (χ0) is 76.4. The molecule has 1 aliphatic rings. The van der Waals surface area contributed by atoms with Crippen molar-refractivity contribution in [3.05, 3.63) is 234 Å². The van der Waals surface area contributed by atoms with E-state index in [1.807, 2.05) is 113 Å². The van der Waals surface area contributed by atoms with E-state index in [1.54, 1.807) is 69.3 Å². The predicted octanol–water partition coefficient (Wildman–Crippen LogP) is 13.8. The summed E-state index contributed by atoms with van der Waals surface area (Å²) in [6.45, 7) is 17.3. The van der Waals surface area contributed by atoms with Crippen LogP contribution in [0.5, 0.6) is 17.2 Å². The van der Waals surface area contributed by atoms with Gasteiger partial charge in [0.1, 0.15) is 11.6 Å². The van der Waals surface area contributed by atoms with E-state index in [4.69, 9.17) is 104 Å². The van der Waals surface area contributed by atoms with Crippen molar-refractivity contribution in [2.75, 3.05) is 39.1 Å². The molecule has 0 unspecified atom stereocenters. The molecule has 0 bridgehead atoms. The van der Waals surface area contributed by atoms with E-state index >= 15 is 0 Å². The first-order valence-electron chi connectivity index (χ1n) is 31.5. The summed E-state index contributed by atoms with van der Waals surface area (Å²) in [4.78, 5) is 17.5. The Kier molecular flexibility index (Phi) is 45.9. The fourth-order valence-electron chi connectivity index (χ4n) is 9.08. The molecular formula is C75H97BCl6F2N17NaO8. The number of hydrogen-bond acceptors (Lipinski definition) is 23. The van der Waals surface area contributed by atoms with Crippen LogP contribution in [0.3, 0.4) is 0 Å². The van der Waals surface area contributed by atoms with Gasteiger partial charge < -0.3 is 64.3 Å². The number of benzene rings is 3. The zero-order valence-electron chi connectivity index (χ0n) is 59.9. The number of aryl methyl sites for hydroxylation is 2. The second kappa shape index (κ2) is 49.5. The van der Waals surface area contributed by atoms with Gasteiger partial charge in [-0.3, -0.25) is 4.98 Å². The topological polar surface area (TPSA) is 324 Å². The number of aliphatic hydroxyl groups is 2. The fourth-order valence-corrected chi connectivity index (χ4v) is 9.99. The number of methoxy groups -OCH3 is 3.